The molecule has 0 aliphatic carbocycles. The second-order valence-electron chi connectivity index (χ2n) is 2.29. The minimum absolute atomic E-state index is 0.0163. The number of nitrogens with zero attached hydrogens (tertiary/aromatic N) is 1. The molecule has 0 spiro atoms. The third kappa shape index (κ3) is 2.08. The van der Waals surface area contributed by atoms with Crippen LogP contribution >= 0.6 is 23.2 Å². The van der Waals surface area contributed by atoms with Gasteiger partial charge in [0.1, 0.15) is 0 Å². The average Bonchev–Trinajstić information content (AvgIpc) is 2.04. The van der Waals surface area contributed by atoms with E-state index in [0.717, 1.165) is 11.3 Å². The zero-order valence-corrected chi connectivity index (χ0v) is 7.73. The number of alkyl halides is 2. The van der Waals surface area contributed by atoms with Gasteiger partial charge in [0, 0.05) is 6.20 Å². The van der Waals surface area contributed by atoms with Gasteiger partial charge in [0.15, 0.2) is 0 Å². The SMILES string of the molecule is CC(Cl)c1cccnc1CCl. The van der Waals surface area contributed by atoms with Crippen molar-refractivity contribution in [3.05, 3.63) is 29.6 Å². The Balaban J connectivity index is 3.02. The van der Waals surface area contributed by atoms with Crippen molar-refractivity contribution in [2.45, 2.75) is 18.2 Å². The first-order valence-electron chi connectivity index (χ1n) is 3.39. The Kier molecular flexibility index (Phi) is 3.16. The molecule has 0 saturated carbocycles. The quantitative estimate of drug-likeness (QED) is 0.653. The molecule has 0 N–H and O–H groups in total. The first-order chi connectivity index (χ1) is 5.25. The highest BCUT2D eigenvalue weighted by Gasteiger charge is 2.06. The van der Waals surface area contributed by atoms with E-state index in [9.17, 15) is 0 Å². The molecule has 1 unspecified atom stereocenters. The summed E-state index contributed by atoms with van der Waals surface area (Å²) < 4.78 is 0. The van der Waals surface area contributed by atoms with Gasteiger partial charge in [-0.1, -0.05) is 6.07 Å². The number of halogens is 2. The molecule has 0 aliphatic heterocycles. The number of hydrogen-bond donors (Lipinski definition) is 0. The summed E-state index contributed by atoms with van der Waals surface area (Å²) in [5, 5.41) is -0.0163. The summed E-state index contributed by atoms with van der Waals surface area (Å²) in [6.07, 6.45) is 1.72. The van der Waals surface area contributed by atoms with E-state index < -0.39 is 0 Å². The summed E-state index contributed by atoms with van der Waals surface area (Å²) in [5.41, 5.74) is 1.89. The van der Waals surface area contributed by atoms with Crippen LogP contribution in [0.4, 0.5) is 0 Å². The molecule has 0 amide bonds. The van der Waals surface area contributed by atoms with Crippen LogP contribution in [0, 0.1) is 0 Å². The smallest absolute Gasteiger partial charge is 0.0650 e. The lowest BCUT2D eigenvalue weighted by Crippen LogP contribution is -1.94. The monoisotopic (exact) mass is 189 g/mol. The van der Waals surface area contributed by atoms with Gasteiger partial charge in [-0.15, -0.1) is 23.2 Å². The molecular weight excluding hydrogens is 181 g/mol. The number of aromatic nitrogens is 1. The van der Waals surface area contributed by atoms with Gasteiger partial charge in [0.2, 0.25) is 0 Å². The highest BCUT2D eigenvalue weighted by atomic mass is 35.5. The molecule has 1 heterocycles. The molecule has 0 radical (unpaired) electrons. The van der Waals surface area contributed by atoms with E-state index in [0.29, 0.717) is 5.88 Å². The zero-order valence-electron chi connectivity index (χ0n) is 6.22. The molecule has 1 aromatic heterocycles. The van der Waals surface area contributed by atoms with Crippen LogP contribution < -0.4 is 0 Å². The standard InChI is InChI=1S/C8H9Cl2N/c1-6(10)7-3-2-4-11-8(7)5-9/h2-4,6H,5H2,1H3. The van der Waals surface area contributed by atoms with Gasteiger partial charge in [0.25, 0.3) is 0 Å². The number of rotatable bonds is 2. The fourth-order valence-corrected chi connectivity index (χ4v) is 1.35. The van der Waals surface area contributed by atoms with Crippen molar-refractivity contribution >= 4 is 23.2 Å². The molecule has 1 atom stereocenters. The largest absolute Gasteiger partial charge is 0.260 e. The molecule has 0 fully saturated rings. The summed E-state index contributed by atoms with van der Waals surface area (Å²) >= 11 is 11.5. The van der Waals surface area contributed by atoms with E-state index in [2.05, 4.69) is 4.98 Å². The first-order valence-corrected chi connectivity index (χ1v) is 4.36. The van der Waals surface area contributed by atoms with Crippen LogP contribution in [0.1, 0.15) is 23.6 Å². The zero-order chi connectivity index (χ0) is 8.27. The van der Waals surface area contributed by atoms with E-state index in [1.54, 1.807) is 6.20 Å². The molecule has 0 aromatic carbocycles. The minimum Gasteiger partial charge on any atom is -0.260 e. The first kappa shape index (κ1) is 8.82. The van der Waals surface area contributed by atoms with Gasteiger partial charge in [-0.2, -0.15) is 0 Å². The fraction of sp³-hybridized carbons (Fsp3) is 0.375. The highest BCUT2D eigenvalue weighted by molar-refractivity contribution is 6.21. The Morgan fingerprint density at radius 1 is 1.64 bits per heavy atom. The molecule has 1 rings (SSSR count). The molecule has 0 saturated heterocycles. The molecule has 60 valence electrons. The second-order valence-corrected chi connectivity index (χ2v) is 3.21. The summed E-state index contributed by atoms with van der Waals surface area (Å²) in [6, 6.07) is 3.81. The lowest BCUT2D eigenvalue weighted by atomic mass is 10.1. The van der Waals surface area contributed by atoms with E-state index in [-0.39, 0.29) is 5.38 Å². The lowest BCUT2D eigenvalue weighted by Gasteiger charge is -2.06. The maximum absolute atomic E-state index is 5.89. The molecule has 3 heteroatoms. The van der Waals surface area contributed by atoms with Gasteiger partial charge in [-0.3, -0.25) is 4.98 Å². The third-order valence-corrected chi connectivity index (χ3v) is 1.97. The summed E-state index contributed by atoms with van der Waals surface area (Å²) in [4.78, 5) is 4.10. The minimum atomic E-state index is -0.0163. The van der Waals surface area contributed by atoms with Crippen LogP contribution in [-0.2, 0) is 5.88 Å². The third-order valence-electron chi connectivity index (χ3n) is 1.48. The van der Waals surface area contributed by atoms with Crippen LogP contribution in [0.2, 0.25) is 0 Å². The van der Waals surface area contributed by atoms with Gasteiger partial charge < -0.3 is 0 Å². The second kappa shape index (κ2) is 3.93. The van der Waals surface area contributed by atoms with Crippen molar-refractivity contribution in [1.82, 2.24) is 4.98 Å². The van der Waals surface area contributed by atoms with Crippen molar-refractivity contribution in [2.24, 2.45) is 0 Å². The van der Waals surface area contributed by atoms with Crippen LogP contribution in [0.15, 0.2) is 18.3 Å². The molecule has 0 bridgehead atoms. The molecule has 11 heavy (non-hydrogen) atoms. The Hall–Kier alpha value is -0.270. The van der Waals surface area contributed by atoms with Crippen molar-refractivity contribution < 1.29 is 0 Å². The van der Waals surface area contributed by atoms with Crippen molar-refractivity contribution in [1.29, 1.82) is 0 Å². The van der Waals surface area contributed by atoms with Crippen molar-refractivity contribution in [2.75, 3.05) is 0 Å². The maximum Gasteiger partial charge on any atom is 0.0650 e. The van der Waals surface area contributed by atoms with Crippen molar-refractivity contribution in [3.8, 4) is 0 Å². The van der Waals surface area contributed by atoms with Gasteiger partial charge >= 0.3 is 0 Å². The summed E-state index contributed by atoms with van der Waals surface area (Å²) in [6.45, 7) is 1.91. The van der Waals surface area contributed by atoms with Crippen LogP contribution in [0.5, 0.6) is 0 Å². The normalized spacial score (nSPS) is 13.0. The molecule has 0 aliphatic rings. The van der Waals surface area contributed by atoms with E-state index in [4.69, 9.17) is 23.2 Å². The maximum atomic E-state index is 5.89. The van der Waals surface area contributed by atoms with E-state index >= 15 is 0 Å². The Bertz CT molecular complexity index is 235. The van der Waals surface area contributed by atoms with E-state index in [1.165, 1.54) is 0 Å². The summed E-state index contributed by atoms with van der Waals surface area (Å²) in [7, 11) is 0. The van der Waals surface area contributed by atoms with Crippen molar-refractivity contribution in [3.63, 3.8) is 0 Å². The topological polar surface area (TPSA) is 12.9 Å². The van der Waals surface area contributed by atoms with Gasteiger partial charge in [0.05, 0.1) is 17.0 Å². The summed E-state index contributed by atoms with van der Waals surface area (Å²) in [5.74, 6) is 0.424. The molecule has 1 aromatic rings. The van der Waals surface area contributed by atoms with Gasteiger partial charge in [-0.05, 0) is 18.6 Å². The Morgan fingerprint density at radius 3 is 2.82 bits per heavy atom. The lowest BCUT2D eigenvalue weighted by molar-refractivity contribution is 1.00. The Labute approximate surface area is 76.4 Å². The predicted molar refractivity (Wildman–Crippen MR) is 48.1 cm³/mol. The van der Waals surface area contributed by atoms with E-state index in [1.807, 2.05) is 19.1 Å². The predicted octanol–water partition coefficient (Wildman–Crippen LogP) is 3.12. The molecular formula is C8H9Cl2N. The molecule has 1 nitrogen and oxygen atoms in total. The van der Waals surface area contributed by atoms with Gasteiger partial charge in [-0.25, -0.2) is 0 Å². The average molecular weight is 190 g/mol. The highest BCUT2D eigenvalue weighted by Crippen LogP contribution is 2.22. The fourth-order valence-electron chi connectivity index (χ4n) is 0.924. The number of pyridine rings is 1. The number of hydrogen-bond acceptors (Lipinski definition) is 1. The van der Waals surface area contributed by atoms with Crippen LogP contribution in [-0.4, -0.2) is 4.98 Å². The van der Waals surface area contributed by atoms with Crippen LogP contribution in [0.25, 0.3) is 0 Å². The van der Waals surface area contributed by atoms with Crippen LogP contribution in [0.3, 0.4) is 0 Å². The Morgan fingerprint density at radius 2 is 2.36 bits per heavy atom.